The molecular formula is C22H37FIN5O. The molecular weight excluding hydrogens is 496 g/mol. The smallest absolute Gasteiger partial charge is 0.243 e. The quantitative estimate of drug-likeness (QED) is 0.307. The fraction of sp³-hybridized carbons (Fsp3) is 0.636. The van der Waals surface area contributed by atoms with Gasteiger partial charge in [0.1, 0.15) is 12.4 Å². The van der Waals surface area contributed by atoms with Crippen LogP contribution in [0.25, 0.3) is 0 Å². The summed E-state index contributed by atoms with van der Waals surface area (Å²) >= 11 is 0. The zero-order chi connectivity index (χ0) is 21.4. The molecule has 30 heavy (non-hydrogen) atoms. The molecule has 2 rings (SSSR count). The normalized spacial score (nSPS) is 17.4. The van der Waals surface area contributed by atoms with E-state index in [4.69, 9.17) is 0 Å². The number of likely N-dealkylation sites (N-methyl/N-ethyl adjacent to an activating group) is 2. The fourth-order valence-corrected chi connectivity index (χ4v) is 3.54. The molecule has 0 aliphatic carbocycles. The number of nitrogens with one attached hydrogen (secondary N) is 2. The maximum atomic E-state index is 13.6. The van der Waals surface area contributed by atoms with Crippen molar-refractivity contribution in [2.24, 2.45) is 4.99 Å². The van der Waals surface area contributed by atoms with E-state index >= 15 is 0 Å². The Morgan fingerprint density at radius 2 is 2.07 bits per heavy atom. The molecule has 0 saturated carbocycles. The standard InChI is InChI=1S/C22H36FN5O.HI/c1-6-28-12-8-11-19(28)14-24-21(25-15-20(29)27(4)5)26-16-22(2,3)17-9-7-10-18(23)13-17;/h7,9-10,13,19H,6,8,11-12,14-16H2,1-5H3,(H2,24,25,26);1H. The molecule has 0 spiro atoms. The molecule has 1 heterocycles. The first-order chi connectivity index (χ1) is 13.7. The lowest BCUT2D eigenvalue weighted by Gasteiger charge is -2.28. The number of halogens is 2. The first-order valence-electron chi connectivity index (χ1n) is 10.5. The summed E-state index contributed by atoms with van der Waals surface area (Å²) < 4.78 is 13.6. The molecule has 8 heteroatoms. The van der Waals surface area contributed by atoms with Gasteiger partial charge in [0.25, 0.3) is 0 Å². The van der Waals surface area contributed by atoms with Gasteiger partial charge in [0.15, 0.2) is 5.96 Å². The molecule has 0 aromatic heterocycles. The van der Waals surface area contributed by atoms with Crippen LogP contribution >= 0.6 is 24.0 Å². The Labute approximate surface area is 197 Å². The number of hydrogen-bond acceptors (Lipinski definition) is 3. The van der Waals surface area contributed by atoms with Crippen molar-refractivity contribution in [1.82, 2.24) is 20.4 Å². The summed E-state index contributed by atoms with van der Waals surface area (Å²) in [5, 5.41) is 6.76. The minimum atomic E-state index is -0.293. The molecule has 1 saturated heterocycles. The topological polar surface area (TPSA) is 60.0 Å². The third-order valence-corrected chi connectivity index (χ3v) is 5.59. The maximum Gasteiger partial charge on any atom is 0.243 e. The van der Waals surface area contributed by atoms with Crippen LogP contribution in [0.3, 0.4) is 0 Å². The number of likely N-dealkylation sites (tertiary alicyclic amines) is 1. The van der Waals surface area contributed by atoms with Crippen LogP contribution in [0.15, 0.2) is 29.3 Å². The van der Waals surface area contributed by atoms with E-state index in [1.54, 1.807) is 26.2 Å². The zero-order valence-corrected chi connectivity index (χ0v) is 21.2. The molecule has 1 unspecified atom stereocenters. The fourth-order valence-electron chi connectivity index (χ4n) is 3.54. The van der Waals surface area contributed by atoms with Gasteiger partial charge in [0.05, 0.1) is 0 Å². The van der Waals surface area contributed by atoms with Crippen molar-refractivity contribution in [1.29, 1.82) is 0 Å². The number of carbonyl (C=O) groups is 1. The molecule has 1 aliphatic rings. The van der Waals surface area contributed by atoms with Gasteiger partial charge in [-0.15, -0.1) is 24.0 Å². The Bertz CT molecular complexity index is 711. The van der Waals surface area contributed by atoms with Crippen molar-refractivity contribution in [3.63, 3.8) is 0 Å². The third-order valence-electron chi connectivity index (χ3n) is 5.59. The number of rotatable bonds is 8. The van der Waals surface area contributed by atoms with Gasteiger partial charge < -0.3 is 15.5 Å². The Morgan fingerprint density at radius 1 is 1.33 bits per heavy atom. The largest absolute Gasteiger partial charge is 0.356 e. The van der Waals surface area contributed by atoms with E-state index in [0.717, 1.165) is 25.2 Å². The lowest BCUT2D eigenvalue weighted by molar-refractivity contribution is -0.127. The Balaban J connectivity index is 0.00000450. The first kappa shape index (κ1) is 26.6. The van der Waals surface area contributed by atoms with Gasteiger partial charge in [-0.25, -0.2) is 9.38 Å². The number of hydrogen-bond donors (Lipinski definition) is 2. The van der Waals surface area contributed by atoms with E-state index in [2.05, 4.69) is 41.3 Å². The summed E-state index contributed by atoms with van der Waals surface area (Å²) in [6.07, 6.45) is 2.38. The summed E-state index contributed by atoms with van der Waals surface area (Å²) in [5.74, 6) is 0.333. The molecule has 1 aromatic carbocycles. The first-order valence-corrected chi connectivity index (χ1v) is 10.5. The van der Waals surface area contributed by atoms with Crippen molar-refractivity contribution in [3.05, 3.63) is 35.6 Å². The Hall–Kier alpha value is -1.42. The van der Waals surface area contributed by atoms with Gasteiger partial charge >= 0.3 is 0 Å². The van der Waals surface area contributed by atoms with Crippen LogP contribution in [0.1, 0.15) is 39.2 Å². The van der Waals surface area contributed by atoms with Gasteiger partial charge in [0.2, 0.25) is 5.91 Å². The van der Waals surface area contributed by atoms with E-state index < -0.39 is 0 Å². The number of benzene rings is 1. The molecule has 0 radical (unpaired) electrons. The lowest BCUT2D eigenvalue weighted by Crippen LogP contribution is -2.48. The second-order valence-electron chi connectivity index (χ2n) is 8.51. The minimum absolute atomic E-state index is 0. The molecule has 1 amide bonds. The predicted molar refractivity (Wildman–Crippen MR) is 132 cm³/mol. The second kappa shape index (κ2) is 12.4. The highest BCUT2D eigenvalue weighted by Crippen LogP contribution is 2.22. The van der Waals surface area contributed by atoms with Gasteiger partial charge in [-0.2, -0.15) is 0 Å². The van der Waals surface area contributed by atoms with Crippen molar-refractivity contribution in [2.75, 3.05) is 46.8 Å². The number of amides is 1. The molecule has 1 atom stereocenters. The summed E-state index contributed by atoms with van der Waals surface area (Å²) in [7, 11) is 3.45. The number of nitrogens with zero attached hydrogens (tertiary/aromatic N) is 3. The van der Waals surface area contributed by atoms with E-state index in [-0.39, 0.29) is 47.7 Å². The molecule has 2 N–H and O–H groups in total. The highest BCUT2D eigenvalue weighted by atomic mass is 127. The van der Waals surface area contributed by atoms with Crippen LogP contribution in [0.2, 0.25) is 0 Å². The third kappa shape index (κ3) is 8.02. The van der Waals surface area contributed by atoms with Crippen LogP contribution in [0.5, 0.6) is 0 Å². The van der Waals surface area contributed by atoms with Crippen LogP contribution in [-0.4, -0.2) is 74.5 Å². The summed E-state index contributed by atoms with van der Waals surface area (Å²) in [6, 6.07) is 7.17. The van der Waals surface area contributed by atoms with Gasteiger partial charge in [-0.1, -0.05) is 32.9 Å². The number of carbonyl (C=O) groups excluding carboxylic acids is 1. The molecule has 1 aliphatic heterocycles. The maximum absolute atomic E-state index is 13.6. The van der Waals surface area contributed by atoms with Crippen molar-refractivity contribution in [2.45, 2.75) is 45.1 Å². The highest BCUT2D eigenvalue weighted by Gasteiger charge is 2.24. The van der Waals surface area contributed by atoms with Crippen molar-refractivity contribution >= 4 is 35.8 Å². The summed E-state index contributed by atoms with van der Waals surface area (Å²) in [6.45, 7) is 9.93. The van der Waals surface area contributed by atoms with Crippen LogP contribution in [0.4, 0.5) is 4.39 Å². The highest BCUT2D eigenvalue weighted by molar-refractivity contribution is 14.0. The second-order valence-corrected chi connectivity index (χ2v) is 8.51. The average Bonchev–Trinajstić information content (AvgIpc) is 3.14. The zero-order valence-electron chi connectivity index (χ0n) is 18.9. The van der Waals surface area contributed by atoms with E-state index in [0.29, 0.717) is 18.5 Å². The Morgan fingerprint density at radius 3 is 2.70 bits per heavy atom. The van der Waals surface area contributed by atoms with E-state index in [9.17, 15) is 9.18 Å². The monoisotopic (exact) mass is 533 g/mol. The van der Waals surface area contributed by atoms with Gasteiger partial charge in [0, 0.05) is 38.6 Å². The summed E-state index contributed by atoms with van der Waals surface area (Å²) in [5.41, 5.74) is 0.625. The van der Waals surface area contributed by atoms with E-state index in [1.165, 1.54) is 23.8 Å². The van der Waals surface area contributed by atoms with Crippen LogP contribution in [0, 0.1) is 5.82 Å². The molecule has 0 bridgehead atoms. The van der Waals surface area contributed by atoms with Crippen LogP contribution < -0.4 is 10.6 Å². The number of guanidine groups is 1. The van der Waals surface area contributed by atoms with Gasteiger partial charge in [-0.3, -0.25) is 9.69 Å². The van der Waals surface area contributed by atoms with E-state index in [1.807, 2.05) is 6.07 Å². The average molecular weight is 533 g/mol. The molecule has 170 valence electrons. The molecule has 1 aromatic rings. The van der Waals surface area contributed by atoms with Crippen LogP contribution in [-0.2, 0) is 10.2 Å². The lowest BCUT2D eigenvalue weighted by atomic mass is 9.84. The molecule has 1 fully saturated rings. The van der Waals surface area contributed by atoms with Gasteiger partial charge in [-0.05, 0) is 43.6 Å². The predicted octanol–water partition coefficient (Wildman–Crippen LogP) is 2.83. The SMILES string of the molecule is CCN1CCCC1CNC(=NCC(=O)N(C)C)NCC(C)(C)c1cccc(F)c1.I. The molecule has 6 nitrogen and oxygen atoms in total. The number of aliphatic imine (C=N–C) groups is 1. The minimum Gasteiger partial charge on any atom is -0.356 e. The van der Waals surface area contributed by atoms with Crippen molar-refractivity contribution < 1.29 is 9.18 Å². The summed E-state index contributed by atoms with van der Waals surface area (Å²) in [4.78, 5) is 20.5. The Kier molecular flexibility index (Phi) is 11.0. The van der Waals surface area contributed by atoms with Crippen molar-refractivity contribution in [3.8, 4) is 0 Å².